The number of carbonyl (C=O) groups is 1. The van der Waals surface area contributed by atoms with Gasteiger partial charge in [-0.15, -0.1) is 0 Å². The van der Waals surface area contributed by atoms with Crippen LogP contribution in [-0.2, 0) is 6.42 Å². The second-order valence-electron chi connectivity index (χ2n) is 6.12. The molecule has 28 heavy (non-hydrogen) atoms. The standard InChI is InChI=1S/C20H22Cl2O6/c1-2-6-13-16(8-7-14(21)19(13)22)26-9-4-3-5-10-27-18-12-28-17(20(24)25)11-15(18)23/h7-8,11-12H,2-6,9-10H2,1H3,(H,24,25). The van der Waals surface area contributed by atoms with Gasteiger partial charge in [-0.3, -0.25) is 4.79 Å². The van der Waals surface area contributed by atoms with Crippen LogP contribution in [0, 0.1) is 0 Å². The molecule has 0 bridgehead atoms. The Bertz CT molecular complexity index is 862. The Hall–Kier alpha value is -2.18. The summed E-state index contributed by atoms with van der Waals surface area (Å²) in [6.07, 6.45) is 5.12. The zero-order valence-electron chi connectivity index (χ0n) is 15.5. The SMILES string of the molecule is CCCc1c(OCCCCCOc2coc(C(=O)O)cc2=O)ccc(Cl)c1Cl. The summed E-state index contributed by atoms with van der Waals surface area (Å²) >= 11 is 12.3. The Morgan fingerprint density at radius 2 is 1.79 bits per heavy atom. The van der Waals surface area contributed by atoms with E-state index < -0.39 is 17.2 Å². The van der Waals surface area contributed by atoms with Gasteiger partial charge < -0.3 is 19.0 Å². The first-order valence-electron chi connectivity index (χ1n) is 9.02. The Labute approximate surface area is 173 Å². The number of unbranched alkanes of at least 4 members (excludes halogenated alkanes) is 2. The highest BCUT2D eigenvalue weighted by Crippen LogP contribution is 2.34. The van der Waals surface area contributed by atoms with E-state index in [9.17, 15) is 9.59 Å². The minimum absolute atomic E-state index is 0.00117. The molecule has 0 aliphatic heterocycles. The van der Waals surface area contributed by atoms with Gasteiger partial charge in [-0.1, -0.05) is 36.5 Å². The molecule has 152 valence electrons. The van der Waals surface area contributed by atoms with Gasteiger partial charge >= 0.3 is 5.97 Å². The lowest BCUT2D eigenvalue weighted by Crippen LogP contribution is -2.11. The molecule has 0 amide bonds. The zero-order chi connectivity index (χ0) is 20.5. The third kappa shape index (κ3) is 6.17. The van der Waals surface area contributed by atoms with Gasteiger partial charge in [0.15, 0.2) is 0 Å². The van der Waals surface area contributed by atoms with Crippen LogP contribution in [0.4, 0.5) is 0 Å². The second-order valence-corrected chi connectivity index (χ2v) is 6.91. The monoisotopic (exact) mass is 428 g/mol. The molecule has 0 fully saturated rings. The molecule has 0 aliphatic carbocycles. The molecule has 0 spiro atoms. The molecule has 0 saturated carbocycles. The van der Waals surface area contributed by atoms with Crippen LogP contribution in [0.3, 0.4) is 0 Å². The molecule has 0 saturated heterocycles. The maximum atomic E-state index is 11.7. The largest absolute Gasteiger partial charge is 0.493 e. The molecular weight excluding hydrogens is 407 g/mol. The molecule has 6 nitrogen and oxygen atoms in total. The van der Waals surface area contributed by atoms with E-state index in [1.165, 1.54) is 0 Å². The van der Waals surface area contributed by atoms with E-state index in [4.69, 9.17) is 42.2 Å². The molecule has 1 aromatic carbocycles. The van der Waals surface area contributed by atoms with Crippen LogP contribution < -0.4 is 14.9 Å². The van der Waals surface area contributed by atoms with Crippen LogP contribution >= 0.6 is 23.2 Å². The summed E-state index contributed by atoms with van der Waals surface area (Å²) in [6.45, 7) is 2.92. The fourth-order valence-corrected chi connectivity index (χ4v) is 2.98. The highest BCUT2D eigenvalue weighted by atomic mass is 35.5. The van der Waals surface area contributed by atoms with E-state index in [1.807, 2.05) is 6.07 Å². The first kappa shape index (κ1) is 22.1. The number of ether oxygens (including phenoxy) is 2. The third-order valence-electron chi connectivity index (χ3n) is 3.97. The van der Waals surface area contributed by atoms with Crippen LogP contribution in [0.5, 0.6) is 11.5 Å². The van der Waals surface area contributed by atoms with Gasteiger partial charge in [0.05, 0.1) is 23.3 Å². The van der Waals surface area contributed by atoms with Gasteiger partial charge in [0.2, 0.25) is 16.9 Å². The minimum atomic E-state index is -1.30. The van der Waals surface area contributed by atoms with Crippen molar-refractivity contribution in [3.8, 4) is 11.5 Å². The lowest BCUT2D eigenvalue weighted by atomic mass is 10.1. The summed E-state index contributed by atoms with van der Waals surface area (Å²) in [5, 5.41) is 9.82. The summed E-state index contributed by atoms with van der Waals surface area (Å²) in [5.41, 5.74) is 0.409. The van der Waals surface area contributed by atoms with Gasteiger partial charge in [0.25, 0.3) is 0 Å². The maximum Gasteiger partial charge on any atom is 0.371 e. The van der Waals surface area contributed by atoms with E-state index in [-0.39, 0.29) is 5.75 Å². The third-order valence-corrected chi connectivity index (χ3v) is 4.81. The van der Waals surface area contributed by atoms with Crippen LogP contribution in [0.1, 0.15) is 48.7 Å². The topological polar surface area (TPSA) is 86.0 Å². The number of carboxylic acids is 1. The number of aromatic carboxylic acids is 1. The lowest BCUT2D eigenvalue weighted by molar-refractivity contribution is 0.0658. The summed E-state index contributed by atoms with van der Waals surface area (Å²) in [7, 11) is 0. The predicted octanol–water partition coefficient (Wildman–Crippen LogP) is 5.23. The van der Waals surface area contributed by atoms with E-state index in [0.717, 1.165) is 49.3 Å². The van der Waals surface area contributed by atoms with Crippen molar-refractivity contribution < 1.29 is 23.8 Å². The average molecular weight is 429 g/mol. The summed E-state index contributed by atoms with van der Waals surface area (Å²) in [4.78, 5) is 22.4. The average Bonchev–Trinajstić information content (AvgIpc) is 2.67. The van der Waals surface area contributed by atoms with Crippen molar-refractivity contribution >= 4 is 29.2 Å². The molecule has 1 aromatic heterocycles. The normalized spacial score (nSPS) is 10.7. The Morgan fingerprint density at radius 3 is 2.39 bits per heavy atom. The van der Waals surface area contributed by atoms with E-state index in [1.54, 1.807) is 6.07 Å². The van der Waals surface area contributed by atoms with E-state index in [0.29, 0.717) is 29.7 Å². The van der Waals surface area contributed by atoms with E-state index >= 15 is 0 Å². The van der Waals surface area contributed by atoms with Gasteiger partial charge in [-0.2, -0.15) is 0 Å². The summed E-state index contributed by atoms with van der Waals surface area (Å²) in [6, 6.07) is 4.46. The molecule has 1 N–H and O–H groups in total. The van der Waals surface area contributed by atoms with E-state index in [2.05, 4.69) is 6.92 Å². The predicted molar refractivity (Wildman–Crippen MR) is 107 cm³/mol. The van der Waals surface area contributed by atoms with Crippen molar-refractivity contribution in [3.63, 3.8) is 0 Å². The van der Waals surface area contributed by atoms with Crippen molar-refractivity contribution in [2.45, 2.75) is 39.0 Å². The van der Waals surface area contributed by atoms with Gasteiger partial charge in [-0.05, 0) is 37.8 Å². The maximum absolute atomic E-state index is 11.7. The van der Waals surface area contributed by atoms with Gasteiger partial charge in [0.1, 0.15) is 12.0 Å². The number of halogens is 2. The quantitative estimate of drug-likeness (QED) is 0.493. The van der Waals surface area contributed by atoms with Crippen molar-refractivity contribution in [2.75, 3.05) is 13.2 Å². The molecular formula is C20H22Cl2O6. The number of carboxylic acid groups (broad SMARTS) is 1. The fraction of sp³-hybridized carbons (Fsp3) is 0.400. The number of benzene rings is 1. The van der Waals surface area contributed by atoms with Gasteiger partial charge in [0, 0.05) is 11.6 Å². The molecule has 0 unspecified atom stereocenters. The second kappa shape index (κ2) is 11.0. The Kier molecular flexibility index (Phi) is 8.67. The molecule has 1 heterocycles. The molecule has 0 radical (unpaired) electrons. The van der Waals surface area contributed by atoms with Crippen LogP contribution in [-0.4, -0.2) is 24.3 Å². The van der Waals surface area contributed by atoms with Crippen molar-refractivity contribution in [2.24, 2.45) is 0 Å². The number of hydrogen-bond donors (Lipinski definition) is 1. The molecule has 8 heteroatoms. The lowest BCUT2D eigenvalue weighted by Gasteiger charge is -2.13. The van der Waals surface area contributed by atoms with Crippen molar-refractivity contribution in [1.29, 1.82) is 0 Å². The smallest absolute Gasteiger partial charge is 0.371 e. The fourth-order valence-electron chi connectivity index (χ4n) is 2.55. The highest BCUT2D eigenvalue weighted by Gasteiger charge is 2.12. The van der Waals surface area contributed by atoms with Gasteiger partial charge in [-0.25, -0.2) is 4.79 Å². The van der Waals surface area contributed by atoms with Crippen molar-refractivity contribution in [1.82, 2.24) is 0 Å². The Morgan fingerprint density at radius 1 is 1.11 bits per heavy atom. The molecule has 2 rings (SSSR count). The molecule has 2 aromatic rings. The first-order valence-corrected chi connectivity index (χ1v) is 9.78. The molecule has 0 aliphatic rings. The van der Waals surface area contributed by atoms with Crippen molar-refractivity contribution in [3.05, 3.63) is 56.1 Å². The summed E-state index contributed by atoms with van der Waals surface area (Å²) < 4.78 is 16.0. The zero-order valence-corrected chi connectivity index (χ0v) is 17.0. The van der Waals surface area contributed by atoms with Crippen LogP contribution in [0.2, 0.25) is 10.0 Å². The van der Waals surface area contributed by atoms with Crippen LogP contribution in [0.25, 0.3) is 0 Å². The van der Waals surface area contributed by atoms with Crippen LogP contribution in [0.15, 0.2) is 33.7 Å². The molecule has 0 atom stereocenters. The number of hydrogen-bond acceptors (Lipinski definition) is 5. The number of rotatable bonds is 11. The Balaban J connectivity index is 1.72. The minimum Gasteiger partial charge on any atom is -0.493 e. The first-order chi connectivity index (χ1) is 13.4. The summed E-state index contributed by atoms with van der Waals surface area (Å²) in [5.74, 6) is -0.961. The highest BCUT2D eigenvalue weighted by molar-refractivity contribution is 6.42.